The molecule has 100 valence electrons. The maximum absolute atomic E-state index is 12.1. The number of carbonyl (C=O) groups is 1. The van der Waals surface area contributed by atoms with Crippen LogP contribution < -0.4 is 0 Å². The van der Waals surface area contributed by atoms with E-state index < -0.39 is 10.8 Å². The maximum Gasteiger partial charge on any atom is 0.272 e. The van der Waals surface area contributed by atoms with Crippen LogP contribution >= 0.6 is 0 Å². The van der Waals surface area contributed by atoms with E-state index in [0.29, 0.717) is 35.9 Å². The van der Waals surface area contributed by atoms with E-state index >= 15 is 0 Å². The van der Waals surface area contributed by atoms with Crippen molar-refractivity contribution in [2.24, 2.45) is 0 Å². The van der Waals surface area contributed by atoms with Crippen molar-refractivity contribution in [2.75, 3.05) is 31.2 Å². The van der Waals surface area contributed by atoms with Crippen molar-refractivity contribution in [3.8, 4) is 11.8 Å². The highest BCUT2D eigenvalue weighted by Crippen LogP contribution is 2.07. The molecule has 1 saturated heterocycles. The molecule has 0 saturated carbocycles. The lowest BCUT2D eigenvalue weighted by Gasteiger charge is -2.25. The predicted molar refractivity (Wildman–Crippen MR) is 72.0 cm³/mol. The Kier molecular flexibility index (Phi) is 4.66. The Morgan fingerprint density at radius 2 is 2.16 bits per heavy atom. The third kappa shape index (κ3) is 3.63. The second-order valence-electron chi connectivity index (χ2n) is 4.03. The Morgan fingerprint density at radius 3 is 2.74 bits per heavy atom. The van der Waals surface area contributed by atoms with Gasteiger partial charge in [-0.2, -0.15) is 0 Å². The van der Waals surface area contributed by atoms with Gasteiger partial charge in [0.05, 0.1) is 0 Å². The zero-order valence-electron chi connectivity index (χ0n) is 10.3. The fourth-order valence-corrected chi connectivity index (χ4v) is 2.79. The third-order valence-electron chi connectivity index (χ3n) is 2.76. The lowest BCUT2D eigenvalue weighted by Crippen LogP contribution is -2.42. The van der Waals surface area contributed by atoms with Gasteiger partial charge < -0.3 is 10.0 Å². The van der Waals surface area contributed by atoms with E-state index in [0.717, 1.165) is 0 Å². The van der Waals surface area contributed by atoms with E-state index in [1.807, 2.05) is 0 Å². The van der Waals surface area contributed by atoms with E-state index in [4.69, 9.17) is 5.11 Å². The summed E-state index contributed by atoms with van der Waals surface area (Å²) in [5.41, 5.74) is 1.02. The number of hydrogen-bond acceptors (Lipinski definition) is 4. The summed E-state index contributed by atoms with van der Waals surface area (Å²) in [5, 5.41) is 8.58. The second kappa shape index (κ2) is 6.45. The maximum atomic E-state index is 12.1. The van der Waals surface area contributed by atoms with Crippen LogP contribution in [0.1, 0.15) is 16.1 Å². The minimum absolute atomic E-state index is 0.140. The lowest BCUT2D eigenvalue weighted by atomic mass is 10.2. The van der Waals surface area contributed by atoms with Crippen molar-refractivity contribution in [2.45, 2.75) is 0 Å². The number of pyridine rings is 1. The smallest absolute Gasteiger partial charge is 0.272 e. The number of aliphatic hydroxyl groups excluding tert-OH is 1. The molecule has 19 heavy (non-hydrogen) atoms. The van der Waals surface area contributed by atoms with Crippen molar-refractivity contribution >= 4 is 16.7 Å². The highest BCUT2D eigenvalue weighted by Gasteiger charge is 2.21. The molecule has 1 amide bonds. The Balaban J connectivity index is 2.05. The molecule has 0 aromatic carbocycles. The van der Waals surface area contributed by atoms with Crippen LogP contribution in [0, 0.1) is 11.8 Å². The van der Waals surface area contributed by atoms with Gasteiger partial charge in [0.2, 0.25) is 0 Å². The summed E-state index contributed by atoms with van der Waals surface area (Å²) >= 11 is 0. The average Bonchev–Trinajstić information content (AvgIpc) is 2.46. The predicted octanol–water partition coefficient (Wildman–Crippen LogP) is -0.370. The molecule has 1 N–H and O–H groups in total. The van der Waals surface area contributed by atoms with Crippen LogP contribution in [0.2, 0.25) is 0 Å². The Hall–Kier alpha value is -1.71. The zero-order chi connectivity index (χ0) is 13.7. The van der Waals surface area contributed by atoms with Crippen LogP contribution in [0.4, 0.5) is 0 Å². The first-order valence-electron chi connectivity index (χ1n) is 5.91. The molecule has 0 spiro atoms. The standard InChI is InChI=1S/C13H14N2O3S/c16-7-1-2-11-3-4-12(14-10-11)13(17)15-5-8-19(18)9-6-15/h3-4,10,16H,5-9H2. The zero-order valence-corrected chi connectivity index (χ0v) is 11.2. The molecule has 1 fully saturated rings. The second-order valence-corrected chi connectivity index (χ2v) is 5.73. The molecule has 5 nitrogen and oxygen atoms in total. The van der Waals surface area contributed by atoms with Gasteiger partial charge in [0.15, 0.2) is 0 Å². The molecule has 2 rings (SSSR count). The number of aromatic nitrogens is 1. The van der Waals surface area contributed by atoms with E-state index in [1.54, 1.807) is 17.0 Å². The van der Waals surface area contributed by atoms with Crippen molar-refractivity contribution < 1.29 is 14.1 Å². The molecule has 1 aliphatic rings. The van der Waals surface area contributed by atoms with Gasteiger partial charge in [-0.05, 0) is 12.1 Å². The first kappa shape index (κ1) is 13.7. The lowest BCUT2D eigenvalue weighted by molar-refractivity contribution is 0.0765. The Morgan fingerprint density at radius 1 is 1.42 bits per heavy atom. The van der Waals surface area contributed by atoms with E-state index in [2.05, 4.69) is 16.8 Å². The Bertz CT molecular complexity index is 535. The molecule has 2 heterocycles. The monoisotopic (exact) mass is 278 g/mol. The summed E-state index contributed by atoms with van der Waals surface area (Å²) in [6.07, 6.45) is 1.51. The summed E-state index contributed by atoms with van der Waals surface area (Å²) in [6.45, 7) is 0.823. The minimum atomic E-state index is -0.798. The topological polar surface area (TPSA) is 70.5 Å². The van der Waals surface area contributed by atoms with Crippen LogP contribution in [0.5, 0.6) is 0 Å². The fraction of sp³-hybridized carbons (Fsp3) is 0.385. The SMILES string of the molecule is O=C(c1ccc(C#CCO)cn1)N1CCS(=O)CC1. The van der Waals surface area contributed by atoms with Gasteiger partial charge in [0.1, 0.15) is 12.3 Å². The van der Waals surface area contributed by atoms with Gasteiger partial charge in [-0.1, -0.05) is 11.8 Å². The molecule has 0 unspecified atom stereocenters. The molecule has 1 aromatic rings. The number of nitrogens with zero attached hydrogens (tertiary/aromatic N) is 2. The number of rotatable bonds is 1. The van der Waals surface area contributed by atoms with Crippen LogP contribution in [0.25, 0.3) is 0 Å². The van der Waals surface area contributed by atoms with Crippen molar-refractivity contribution in [3.05, 3.63) is 29.6 Å². The number of aliphatic hydroxyl groups is 1. The van der Waals surface area contributed by atoms with Gasteiger partial charge in [0, 0.05) is 47.2 Å². The molecule has 0 atom stereocenters. The summed E-state index contributed by atoms with van der Waals surface area (Å²) in [5.74, 6) is 6.16. The molecular weight excluding hydrogens is 264 g/mol. The number of amides is 1. The van der Waals surface area contributed by atoms with Crippen molar-refractivity contribution in [1.82, 2.24) is 9.88 Å². The van der Waals surface area contributed by atoms with Gasteiger partial charge in [-0.15, -0.1) is 0 Å². The molecule has 1 aromatic heterocycles. The Labute approximate surface area is 114 Å². The van der Waals surface area contributed by atoms with Gasteiger partial charge in [0.25, 0.3) is 5.91 Å². The van der Waals surface area contributed by atoms with Gasteiger partial charge in [-0.25, -0.2) is 4.98 Å². The highest BCUT2D eigenvalue weighted by atomic mass is 32.2. The third-order valence-corrected chi connectivity index (χ3v) is 4.04. The van der Waals surface area contributed by atoms with Crippen LogP contribution in [0.3, 0.4) is 0 Å². The van der Waals surface area contributed by atoms with Crippen molar-refractivity contribution in [1.29, 1.82) is 0 Å². The quantitative estimate of drug-likeness (QED) is 0.712. The first-order valence-corrected chi connectivity index (χ1v) is 7.39. The summed E-state index contributed by atoms with van der Waals surface area (Å²) < 4.78 is 11.2. The fourth-order valence-electron chi connectivity index (χ4n) is 1.74. The normalized spacial score (nSPS) is 15.7. The minimum Gasteiger partial charge on any atom is -0.384 e. The van der Waals surface area contributed by atoms with Gasteiger partial charge in [-0.3, -0.25) is 9.00 Å². The summed E-state index contributed by atoms with van der Waals surface area (Å²) in [7, 11) is -0.798. The average molecular weight is 278 g/mol. The number of carbonyl (C=O) groups excluding carboxylic acids is 1. The van der Waals surface area contributed by atoms with E-state index in [1.165, 1.54) is 6.20 Å². The molecule has 0 aliphatic carbocycles. The van der Waals surface area contributed by atoms with Crippen LogP contribution in [-0.4, -0.2) is 56.3 Å². The van der Waals surface area contributed by atoms with Crippen molar-refractivity contribution in [3.63, 3.8) is 0 Å². The van der Waals surface area contributed by atoms with E-state index in [9.17, 15) is 9.00 Å². The molecular formula is C13H14N2O3S. The number of hydrogen-bond donors (Lipinski definition) is 1. The molecule has 1 aliphatic heterocycles. The largest absolute Gasteiger partial charge is 0.384 e. The van der Waals surface area contributed by atoms with Gasteiger partial charge >= 0.3 is 0 Å². The molecule has 0 radical (unpaired) electrons. The molecule has 6 heteroatoms. The summed E-state index contributed by atoms with van der Waals surface area (Å²) in [6, 6.07) is 3.32. The van der Waals surface area contributed by atoms with E-state index in [-0.39, 0.29) is 12.5 Å². The first-order chi connectivity index (χ1) is 9.20. The van der Waals surface area contributed by atoms with Crippen LogP contribution in [0.15, 0.2) is 18.3 Å². The molecule has 0 bridgehead atoms. The van der Waals surface area contributed by atoms with Crippen LogP contribution in [-0.2, 0) is 10.8 Å². The summed E-state index contributed by atoms with van der Waals surface area (Å²) in [4.78, 5) is 17.9. The highest BCUT2D eigenvalue weighted by molar-refractivity contribution is 7.85.